The first-order valence-electron chi connectivity index (χ1n) is 9.73. The molecule has 1 aromatic heterocycles. The van der Waals surface area contributed by atoms with E-state index in [-0.39, 0.29) is 0 Å². The minimum atomic E-state index is 0.695. The predicted molar refractivity (Wildman–Crippen MR) is 98.3 cm³/mol. The zero-order valence-electron chi connectivity index (χ0n) is 14.9. The van der Waals surface area contributed by atoms with Crippen LogP contribution in [0.1, 0.15) is 38.0 Å². The summed E-state index contributed by atoms with van der Waals surface area (Å²) >= 11 is 0. The molecule has 2 saturated heterocycles. The Balaban J connectivity index is 1.28. The summed E-state index contributed by atoms with van der Waals surface area (Å²) in [5, 5.41) is 4.12. The zero-order valence-corrected chi connectivity index (χ0v) is 14.9. The third-order valence-electron chi connectivity index (χ3n) is 5.59. The fourth-order valence-corrected chi connectivity index (χ4v) is 4.15. The van der Waals surface area contributed by atoms with E-state index < -0.39 is 0 Å². The highest BCUT2D eigenvalue weighted by atomic mass is 16.5. The minimum absolute atomic E-state index is 0.695. The summed E-state index contributed by atoms with van der Waals surface area (Å²) in [6.07, 6.45) is 7.59. The van der Waals surface area contributed by atoms with Gasteiger partial charge in [-0.25, -0.2) is 0 Å². The van der Waals surface area contributed by atoms with Crippen LogP contribution < -0.4 is 0 Å². The van der Waals surface area contributed by atoms with E-state index in [0.29, 0.717) is 5.82 Å². The molecule has 25 heavy (non-hydrogen) atoms. The highest BCUT2D eigenvalue weighted by Gasteiger charge is 2.24. The van der Waals surface area contributed by atoms with E-state index in [2.05, 4.69) is 19.9 Å². The molecular formula is C20H28N4O. The Kier molecular flexibility index (Phi) is 5.43. The fraction of sp³-hybridized carbons (Fsp3) is 0.600. The first-order chi connectivity index (χ1) is 12.4. The minimum Gasteiger partial charge on any atom is -0.339 e. The first-order valence-corrected chi connectivity index (χ1v) is 9.73. The van der Waals surface area contributed by atoms with Crippen molar-refractivity contribution in [3.05, 3.63) is 36.2 Å². The van der Waals surface area contributed by atoms with Crippen LogP contribution in [0.4, 0.5) is 0 Å². The van der Waals surface area contributed by atoms with E-state index in [1.807, 2.05) is 30.3 Å². The normalized spacial score (nSPS) is 23.0. The molecule has 0 bridgehead atoms. The van der Waals surface area contributed by atoms with Crippen LogP contribution in [0, 0.1) is 0 Å². The number of likely N-dealkylation sites (tertiary alicyclic amines) is 2. The van der Waals surface area contributed by atoms with Gasteiger partial charge in [-0.2, -0.15) is 4.98 Å². The Labute approximate surface area is 150 Å². The van der Waals surface area contributed by atoms with Crippen LogP contribution in [-0.2, 0) is 6.42 Å². The molecule has 1 atom stereocenters. The molecule has 0 N–H and O–H groups in total. The van der Waals surface area contributed by atoms with Crippen LogP contribution in [0.15, 0.2) is 34.9 Å². The van der Waals surface area contributed by atoms with E-state index >= 15 is 0 Å². The molecule has 1 unspecified atom stereocenters. The standard InChI is InChI=1S/C20H28N4O/c1-2-7-17(8-3-1)20-21-19(25-22-20)11-16-23-12-6-9-18(10-15-23)24-13-4-5-14-24/h1-3,7-8,18H,4-6,9-16H2. The maximum Gasteiger partial charge on any atom is 0.228 e. The topological polar surface area (TPSA) is 45.4 Å². The van der Waals surface area contributed by atoms with Gasteiger partial charge in [0.05, 0.1) is 0 Å². The van der Waals surface area contributed by atoms with Gasteiger partial charge in [0.2, 0.25) is 11.7 Å². The van der Waals surface area contributed by atoms with Gasteiger partial charge in [0.15, 0.2) is 0 Å². The average Bonchev–Trinajstić information content (AvgIpc) is 3.30. The van der Waals surface area contributed by atoms with Crippen molar-refractivity contribution in [1.29, 1.82) is 0 Å². The van der Waals surface area contributed by atoms with E-state index in [0.717, 1.165) is 30.5 Å². The van der Waals surface area contributed by atoms with Crippen molar-refractivity contribution >= 4 is 0 Å². The maximum atomic E-state index is 5.45. The van der Waals surface area contributed by atoms with Crippen molar-refractivity contribution in [1.82, 2.24) is 19.9 Å². The van der Waals surface area contributed by atoms with Gasteiger partial charge in [-0.05, 0) is 58.3 Å². The van der Waals surface area contributed by atoms with E-state index in [4.69, 9.17) is 4.52 Å². The highest BCUT2D eigenvalue weighted by Crippen LogP contribution is 2.21. The van der Waals surface area contributed by atoms with E-state index in [1.165, 1.54) is 58.3 Å². The molecule has 0 spiro atoms. The quantitative estimate of drug-likeness (QED) is 0.836. The third-order valence-corrected chi connectivity index (χ3v) is 5.59. The largest absolute Gasteiger partial charge is 0.339 e. The molecule has 4 rings (SSSR count). The lowest BCUT2D eigenvalue weighted by atomic mass is 10.1. The third kappa shape index (κ3) is 4.28. The molecule has 2 fully saturated rings. The van der Waals surface area contributed by atoms with Crippen molar-refractivity contribution in [2.75, 3.05) is 32.7 Å². The lowest BCUT2D eigenvalue weighted by molar-refractivity contribution is 0.214. The van der Waals surface area contributed by atoms with Gasteiger partial charge in [-0.1, -0.05) is 35.5 Å². The van der Waals surface area contributed by atoms with Crippen molar-refractivity contribution in [2.24, 2.45) is 0 Å². The number of benzene rings is 1. The van der Waals surface area contributed by atoms with Gasteiger partial charge in [0.1, 0.15) is 0 Å². The van der Waals surface area contributed by atoms with Gasteiger partial charge >= 0.3 is 0 Å². The Bertz CT molecular complexity index is 651. The fourth-order valence-electron chi connectivity index (χ4n) is 4.15. The molecule has 5 nitrogen and oxygen atoms in total. The number of hydrogen-bond donors (Lipinski definition) is 0. The number of rotatable bonds is 5. The second kappa shape index (κ2) is 8.11. The smallest absolute Gasteiger partial charge is 0.228 e. The lowest BCUT2D eigenvalue weighted by Gasteiger charge is -2.26. The summed E-state index contributed by atoms with van der Waals surface area (Å²) in [6, 6.07) is 10.8. The average molecular weight is 340 g/mol. The molecule has 2 aliphatic rings. The lowest BCUT2D eigenvalue weighted by Crippen LogP contribution is -2.34. The van der Waals surface area contributed by atoms with Crippen LogP contribution in [0.25, 0.3) is 11.4 Å². The number of nitrogens with zero attached hydrogens (tertiary/aromatic N) is 4. The summed E-state index contributed by atoms with van der Waals surface area (Å²) in [5.41, 5.74) is 1.01. The monoisotopic (exact) mass is 340 g/mol. The van der Waals surface area contributed by atoms with Crippen LogP contribution in [-0.4, -0.2) is 58.7 Å². The van der Waals surface area contributed by atoms with Gasteiger partial charge in [-0.15, -0.1) is 0 Å². The number of hydrogen-bond acceptors (Lipinski definition) is 5. The molecule has 5 heteroatoms. The molecule has 0 aliphatic carbocycles. The summed E-state index contributed by atoms with van der Waals surface area (Å²) in [4.78, 5) is 9.84. The highest BCUT2D eigenvalue weighted by molar-refractivity contribution is 5.53. The van der Waals surface area contributed by atoms with Crippen LogP contribution in [0.3, 0.4) is 0 Å². The van der Waals surface area contributed by atoms with Crippen molar-refractivity contribution < 1.29 is 4.52 Å². The summed E-state index contributed by atoms with van der Waals surface area (Å²) in [7, 11) is 0. The molecule has 2 aliphatic heterocycles. The van der Waals surface area contributed by atoms with Gasteiger partial charge in [-0.3, -0.25) is 0 Å². The SMILES string of the molecule is c1ccc(-c2noc(CCN3CCCC(N4CCCC4)CC3)n2)cc1. The van der Waals surface area contributed by atoms with Gasteiger partial charge in [0, 0.05) is 24.6 Å². The summed E-state index contributed by atoms with van der Waals surface area (Å²) in [6.45, 7) is 6.04. The van der Waals surface area contributed by atoms with Crippen LogP contribution in [0.2, 0.25) is 0 Å². The second-order valence-corrected chi connectivity index (χ2v) is 7.30. The summed E-state index contributed by atoms with van der Waals surface area (Å²) < 4.78 is 5.45. The Morgan fingerprint density at radius 1 is 0.960 bits per heavy atom. The first kappa shape index (κ1) is 16.7. The van der Waals surface area contributed by atoms with Crippen LogP contribution >= 0.6 is 0 Å². The molecule has 0 amide bonds. The molecule has 134 valence electrons. The van der Waals surface area contributed by atoms with Crippen molar-refractivity contribution in [3.8, 4) is 11.4 Å². The van der Waals surface area contributed by atoms with E-state index in [1.54, 1.807) is 0 Å². The van der Waals surface area contributed by atoms with Crippen molar-refractivity contribution in [2.45, 2.75) is 44.6 Å². The van der Waals surface area contributed by atoms with Crippen molar-refractivity contribution in [3.63, 3.8) is 0 Å². The van der Waals surface area contributed by atoms with Gasteiger partial charge in [0.25, 0.3) is 0 Å². The van der Waals surface area contributed by atoms with Gasteiger partial charge < -0.3 is 14.3 Å². The zero-order chi connectivity index (χ0) is 16.9. The summed E-state index contributed by atoms with van der Waals surface area (Å²) in [5.74, 6) is 1.44. The second-order valence-electron chi connectivity index (χ2n) is 7.30. The molecule has 0 radical (unpaired) electrons. The number of aromatic nitrogens is 2. The van der Waals surface area contributed by atoms with Crippen LogP contribution in [0.5, 0.6) is 0 Å². The molecule has 0 saturated carbocycles. The molecule has 2 aromatic rings. The molecule has 3 heterocycles. The Morgan fingerprint density at radius 2 is 1.80 bits per heavy atom. The Morgan fingerprint density at radius 3 is 2.64 bits per heavy atom. The molecular weight excluding hydrogens is 312 g/mol. The Hall–Kier alpha value is -1.72. The molecule has 1 aromatic carbocycles. The maximum absolute atomic E-state index is 5.45. The van der Waals surface area contributed by atoms with E-state index in [9.17, 15) is 0 Å². The predicted octanol–water partition coefficient (Wildman–Crippen LogP) is 3.23.